The standard InChI is InChI=1S/C10H15NO5/c1-2-16-9(13)5-8(12)7-3-4-11(6-7)10(14)15/h7H,2-6H2,1H3,(H,14,15)/t7-/m1/s1. The first kappa shape index (κ1) is 12.5. The number of esters is 1. The van der Waals surface area contributed by atoms with Gasteiger partial charge in [-0.25, -0.2) is 4.79 Å². The van der Waals surface area contributed by atoms with E-state index in [1.54, 1.807) is 6.92 Å². The zero-order valence-corrected chi connectivity index (χ0v) is 9.14. The molecule has 16 heavy (non-hydrogen) atoms. The van der Waals surface area contributed by atoms with E-state index in [-0.39, 0.29) is 31.3 Å². The fourth-order valence-corrected chi connectivity index (χ4v) is 1.70. The molecule has 1 amide bonds. The van der Waals surface area contributed by atoms with Gasteiger partial charge in [-0.15, -0.1) is 0 Å². The Balaban J connectivity index is 2.39. The van der Waals surface area contributed by atoms with Crippen molar-refractivity contribution in [1.82, 2.24) is 4.90 Å². The number of ether oxygens (including phenoxy) is 1. The Morgan fingerprint density at radius 2 is 2.12 bits per heavy atom. The molecule has 6 nitrogen and oxygen atoms in total. The highest BCUT2D eigenvalue weighted by Crippen LogP contribution is 2.18. The van der Waals surface area contributed by atoms with Gasteiger partial charge in [0.2, 0.25) is 0 Å². The van der Waals surface area contributed by atoms with Crippen LogP contribution in [0.5, 0.6) is 0 Å². The molecule has 0 aromatic carbocycles. The van der Waals surface area contributed by atoms with Crippen LogP contribution in [0, 0.1) is 5.92 Å². The number of nitrogens with zero attached hydrogens (tertiary/aromatic N) is 1. The third kappa shape index (κ3) is 3.22. The molecule has 1 N–H and O–H groups in total. The predicted octanol–water partition coefficient (Wildman–Crippen LogP) is 0.509. The highest BCUT2D eigenvalue weighted by Gasteiger charge is 2.31. The summed E-state index contributed by atoms with van der Waals surface area (Å²) >= 11 is 0. The third-order valence-corrected chi connectivity index (χ3v) is 2.54. The topological polar surface area (TPSA) is 83.9 Å². The Morgan fingerprint density at radius 1 is 1.44 bits per heavy atom. The molecule has 0 spiro atoms. The van der Waals surface area contributed by atoms with Crippen LogP contribution in [0.3, 0.4) is 0 Å². The third-order valence-electron chi connectivity index (χ3n) is 2.54. The van der Waals surface area contributed by atoms with Crippen LogP contribution < -0.4 is 0 Å². The molecule has 1 aliphatic rings. The summed E-state index contributed by atoms with van der Waals surface area (Å²) in [6.07, 6.45) is -0.789. The number of hydrogen-bond donors (Lipinski definition) is 1. The number of hydrogen-bond acceptors (Lipinski definition) is 4. The lowest BCUT2D eigenvalue weighted by molar-refractivity contribution is -0.146. The average molecular weight is 229 g/mol. The van der Waals surface area contributed by atoms with E-state index < -0.39 is 12.1 Å². The predicted molar refractivity (Wildman–Crippen MR) is 54.0 cm³/mol. The molecule has 1 atom stereocenters. The molecule has 0 saturated carbocycles. The molecule has 1 rings (SSSR count). The number of likely N-dealkylation sites (tertiary alicyclic amines) is 1. The average Bonchev–Trinajstić information content (AvgIpc) is 2.66. The minimum absolute atomic E-state index is 0.188. The summed E-state index contributed by atoms with van der Waals surface area (Å²) in [4.78, 5) is 34.4. The van der Waals surface area contributed by atoms with Crippen LogP contribution >= 0.6 is 0 Å². The van der Waals surface area contributed by atoms with Gasteiger partial charge in [-0.3, -0.25) is 9.59 Å². The Bertz CT molecular complexity index is 302. The number of carboxylic acid groups (broad SMARTS) is 1. The van der Waals surface area contributed by atoms with Crippen LogP contribution in [0.1, 0.15) is 19.8 Å². The molecule has 0 unspecified atom stereocenters. The maximum atomic E-state index is 11.6. The number of rotatable bonds is 4. The summed E-state index contributed by atoms with van der Waals surface area (Å²) in [5.74, 6) is -1.14. The monoisotopic (exact) mass is 229 g/mol. The van der Waals surface area contributed by atoms with Crippen LogP contribution in [-0.4, -0.2) is 47.5 Å². The highest BCUT2D eigenvalue weighted by atomic mass is 16.5. The highest BCUT2D eigenvalue weighted by molar-refractivity contribution is 5.97. The second kappa shape index (κ2) is 5.48. The van der Waals surface area contributed by atoms with Crippen molar-refractivity contribution in [3.8, 4) is 0 Å². The Morgan fingerprint density at radius 3 is 2.62 bits per heavy atom. The Kier molecular flexibility index (Phi) is 4.28. The van der Waals surface area contributed by atoms with E-state index in [1.807, 2.05) is 0 Å². The van der Waals surface area contributed by atoms with Crippen LogP contribution in [0.15, 0.2) is 0 Å². The van der Waals surface area contributed by atoms with E-state index in [0.29, 0.717) is 13.0 Å². The largest absolute Gasteiger partial charge is 0.466 e. The summed E-state index contributed by atoms with van der Waals surface area (Å²) in [5.41, 5.74) is 0. The van der Waals surface area contributed by atoms with Gasteiger partial charge in [-0.05, 0) is 13.3 Å². The lowest BCUT2D eigenvalue weighted by Crippen LogP contribution is -2.28. The molecule has 90 valence electrons. The SMILES string of the molecule is CCOC(=O)CC(=O)[C@@H]1CCN(C(=O)O)C1. The second-order valence-electron chi connectivity index (χ2n) is 3.66. The first-order chi connectivity index (χ1) is 7.54. The molecule has 0 bridgehead atoms. The van der Waals surface area contributed by atoms with Gasteiger partial charge in [0.15, 0.2) is 0 Å². The van der Waals surface area contributed by atoms with Crippen LogP contribution in [-0.2, 0) is 14.3 Å². The van der Waals surface area contributed by atoms with Crippen molar-refractivity contribution in [2.24, 2.45) is 5.92 Å². The smallest absolute Gasteiger partial charge is 0.407 e. The van der Waals surface area contributed by atoms with Crippen molar-refractivity contribution < 1.29 is 24.2 Å². The van der Waals surface area contributed by atoms with Crippen molar-refractivity contribution in [3.63, 3.8) is 0 Å². The number of amides is 1. The lowest BCUT2D eigenvalue weighted by Gasteiger charge is -2.11. The summed E-state index contributed by atoms with van der Waals surface area (Å²) in [6, 6.07) is 0. The molecule has 0 radical (unpaired) electrons. The summed E-state index contributed by atoms with van der Waals surface area (Å²) in [6.45, 7) is 2.46. The summed E-state index contributed by atoms with van der Waals surface area (Å²) in [7, 11) is 0. The van der Waals surface area contributed by atoms with Gasteiger partial charge in [-0.2, -0.15) is 0 Å². The molecule has 0 aromatic heterocycles. The van der Waals surface area contributed by atoms with E-state index in [4.69, 9.17) is 5.11 Å². The van der Waals surface area contributed by atoms with Crippen molar-refractivity contribution in [3.05, 3.63) is 0 Å². The van der Waals surface area contributed by atoms with Gasteiger partial charge in [0.1, 0.15) is 12.2 Å². The lowest BCUT2D eigenvalue weighted by atomic mass is 10.0. The maximum Gasteiger partial charge on any atom is 0.407 e. The van der Waals surface area contributed by atoms with Crippen LogP contribution in [0.2, 0.25) is 0 Å². The fraction of sp³-hybridized carbons (Fsp3) is 0.700. The molecule has 1 fully saturated rings. The first-order valence-electron chi connectivity index (χ1n) is 5.20. The molecular formula is C10H15NO5. The zero-order chi connectivity index (χ0) is 12.1. The fourth-order valence-electron chi connectivity index (χ4n) is 1.70. The van der Waals surface area contributed by atoms with Gasteiger partial charge in [-0.1, -0.05) is 0 Å². The quantitative estimate of drug-likeness (QED) is 0.560. The van der Waals surface area contributed by atoms with Crippen LogP contribution in [0.4, 0.5) is 4.79 Å². The van der Waals surface area contributed by atoms with Gasteiger partial charge in [0.05, 0.1) is 6.61 Å². The van der Waals surface area contributed by atoms with Crippen molar-refractivity contribution in [2.45, 2.75) is 19.8 Å². The normalized spacial score (nSPS) is 19.6. The first-order valence-corrected chi connectivity index (χ1v) is 5.20. The Labute approximate surface area is 93.2 Å². The molecular weight excluding hydrogens is 214 g/mol. The van der Waals surface area contributed by atoms with E-state index >= 15 is 0 Å². The molecule has 1 aliphatic heterocycles. The molecule has 6 heteroatoms. The minimum atomic E-state index is -1.02. The molecule has 0 aromatic rings. The number of carbonyl (C=O) groups excluding carboxylic acids is 2. The summed E-state index contributed by atoms with van der Waals surface area (Å²) in [5, 5.41) is 8.70. The maximum absolute atomic E-state index is 11.6. The van der Waals surface area contributed by atoms with E-state index in [0.717, 1.165) is 0 Å². The molecule has 1 heterocycles. The van der Waals surface area contributed by atoms with Crippen molar-refractivity contribution in [2.75, 3.05) is 19.7 Å². The molecule has 0 aliphatic carbocycles. The number of Topliss-reactive ketones (excluding diaryl/α,β-unsaturated/α-hetero) is 1. The molecule has 1 saturated heterocycles. The van der Waals surface area contributed by atoms with E-state index in [9.17, 15) is 14.4 Å². The second-order valence-corrected chi connectivity index (χ2v) is 3.66. The summed E-state index contributed by atoms with van der Waals surface area (Å²) < 4.78 is 4.66. The van der Waals surface area contributed by atoms with Gasteiger partial charge in [0, 0.05) is 19.0 Å². The van der Waals surface area contributed by atoms with Crippen molar-refractivity contribution in [1.29, 1.82) is 0 Å². The number of ketones is 1. The zero-order valence-electron chi connectivity index (χ0n) is 9.14. The van der Waals surface area contributed by atoms with Crippen molar-refractivity contribution >= 4 is 17.8 Å². The van der Waals surface area contributed by atoms with E-state index in [2.05, 4.69) is 4.74 Å². The van der Waals surface area contributed by atoms with Gasteiger partial charge >= 0.3 is 12.1 Å². The Hall–Kier alpha value is -1.59. The van der Waals surface area contributed by atoms with E-state index in [1.165, 1.54) is 4.90 Å². The van der Waals surface area contributed by atoms with Gasteiger partial charge in [0.25, 0.3) is 0 Å². The van der Waals surface area contributed by atoms with Crippen LogP contribution in [0.25, 0.3) is 0 Å². The van der Waals surface area contributed by atoms with Gasteiger partial charge < -0.3 is 14.7 Å². The minimum Gasteiger partial charge on any atom is -0.466 e. The number of carbonyl (C=O) groups is 3.